The molecule has 0 aromatic heterocycles. The average molecular weight is 238 g/mol. The van der Waals surface area contributed by atoms with Crippen molar-refractivity contribution in [3.8, 4) is 5.75 Å². The predicted octanol–water partition coefficient (Wildman–Crippen LogP) is 3.00. The predicted molar refractivity (Wildman–Crippen MR) is 64.4 cm³/mol. The summed E-state index contributed by atoms with van der Waals surface area (Å²) in [6.07, 6.45) is 1.76. The molecule has 1 aromatic rings. The van der Waals surface area contributed by atoms with Gasteiger partial charge < -0.3 is 0 Å². The molecule has 0 bridgehead atoms. The van der Waals surface area contributed by atoms with Crippen molar-refractivity contribution in [3.63, 3.8) is 0 Å². The Morgan fingerprint density at radius 3 is 3.00 bits per heavy atom. The van der Waals surface area contributed by atoms with Gasteiger partial charge in [0.05, 0.1) is 0 Å². The second-order valence-corrected chi connectivity index (χ2v) is 5.87. The first-order valence-electron chi connectivity index (χ1n) is 5.00. The molecule has 16 heavy (non-hydrogen) atoms. The number of fused-ring (bicyclic) bond motifs is 1. The van der Waals surface area contributed by atoms with E-state index in [4.69, 9.17) is 9.05 Å². The summed E-state index contributed by atoms with van der Waals surface area (Å²) >= 11 is 0. The molecule has 5 heteroatoms. The molecule has 0 amide bonds. The van der Waals surface area contributed by atoms with Crippen molar-refractivity contribution in [2.24, 2.45) is 0 Å². The van der Waals surface area contributed by atoms with Crippen LogP contribution in [0.15, 0.2) is 36.9 Å². The molecule has 1 aliphatic rings. The Balaban J connectivity index is 2.22. The molecule has 0 radical (unpaired) electrons. The third-order valence-corrected chi connectivity index (χ3v) is 4.62. The Morgan fingerprint density at radius 1 is 1.62 bits per heavy atom. The molecule has 1 unspecified atom stereocenters. The zero-order valence-electron chi connectivity index (χ0n) is 8.97. The maximum absolute atomic E-state index is 11.3. The number of hydrogen-bond donors (Lipinski definition) is 1. The number of carbonyl (C=O) groups excluding carboxylic acids is 1. The highest BCUT2D eigenvalue weighted by atomic mass is 31.2. The average Bonchev–Trinajstić information content (AvgIpc) is 2.67. The van der Waals surface area contributed by atoms with E-state index in [-0.39, 0.29) is 0 Å². The third kappa shape index (κ3) is 1.89. The van der Waals surface area contributed by atoms with Crippen molar-refractivity contribution in [2.75, 3.05) is 11.2 Å². The quantitative estimate of drug-likeness (QED) is 0.649. The van der Waals surface area contributed by atoms with E-state index in [2.05, 4.69) is 11.7 Å². The van der Waals surface area contributed by atoms with Gasteiger partial charge in [-0.1, -0.05) is 18.7 Å². The second-order valence-electron chi connectivity index (χ2n) is 3.30. The van der Waals surface area contributed by atoms with Crippen molar-refractivity contribution in [2.45, 2.75) is 6.92 Å². The van der Waals surface area contributed by atoms with E-state index in [0.29, 0.717) is 6.16 Å². The summed E-state index contributed by atoms with van der Waals surface area (Å²) in [4.78, 5) is 11.3. The first-order valence-corrected chi connectivity index (χ1v) is 6.81. The fraction of sp³-hybridized carbons (Fsp3) is 0.182. The van der Waals surface area contributed by atoms with Gasteiger partial charge in [-0.2, -0.15) is 5.09 Å². The SMILES string of the molecule is C=CC(=O)O[P+]1(CC)Nc2ccccc2O1. The molecule has 0 aliphatic carbocycles. The zero-order chi connectivity index (χ0) is 11.6. The van der Waals surface area contributed by atoms with Crippen LogP contribution in [0.1, 0.15) is 6.92 Å². The fourth-order valence-corrected chi connectivity index (χ4v) is 3.37. The van der Waals surface area contributed by atoms with Gasteiger partial charge in [-0.05, 0) is 19.1 Å². The molecule has 2 rings (SSSR count). The van der Waals surface area contributed by atoms with Crippen molar-refractivity contribution in [3.05, 3.63) is 36.9 Å². The molecule has 1 aliphatic heterocycles. The fourth-order valence-electron chi connectivity index (χ4n) is 1.44. The number of benzene rings is 1. The Labute approximate surface area is 94.8 Å². The molecule has 1 N–H and O–H groups in total. The number of nitrogens with one attached hydrogen (secondary N) is 1. The first kappa shape index (κ1) is 11.0. The van der Waals surface area contributed by atoms with E-state index in [0.717, 1.165) is 17.5 Å². The monoisotopic (exact) mass is 238 g/mol. The smallest absolute Gasteiger partial charge is 0.282 e. The normalized spacial score (nSPS) is 21.6. The number of anilines is 1. The Hall–Kier alpha value is -1.54. The summed E-state index contributed by atoms with van der Waals surface area (Å²) < 4.78 is 11.0. The summed E-state index contributed by atoms with van der Waals surface area (Å²) in [5.74, 6) is 0.269. The second kappa shape index (κ2) is 4.14. The summed E-state index contributed by atoms with van der Waals surface area (Å²) in [6.45, 7) is 5.30. The van der Waals surface area contributed by atoms with E-state index in [9.17, 15) is 4.79 Å². The maximum Gasteiger partial charge on any atom is 0.463 e. The van der Waals surface area contributed by atoms with Gasteiger partial charge in [-0.25, -0.2) is 9.32 Å². The van der Waals surface area contributed by atoms with Gasteiger partial charge >= 0.3 is 13.8 Å². The molecule has 1 aromatic carbocycles. The molecule has 84 valence electrons. The van der Waals surface area contributed by atoms with Gasteiger partial charge in [0.25, 0.3) is 0 Å². The number of carbonyl (C=O) groups is 1. The van der Waals surface area contributed by atoms with E-state index < -0.39 is 13.8 Å². The minimum absolute atomic E-state index is 0.463. The highest BCUT2D eigenvalue weighted by Crippen LogP contribution is 2.65. The molecule has 1 heterocycles. The van der Waals surface area contributed by atoms with Gasteiger partial charge in [0.1, 0.15) is 11.8 Å². The lowest BCUT2D eigenvalue weighted by Crippen LogP contribution is -2.14. The van der Waals surface area contributed by atoms with Gasteiger partial charge in [0.2, 0.25) is 5.75 Å². The topological polar surface area (TPSA) is 47.6 Å². The minimum atomic E-state index is -2.35. The molecule has 0 spiro atoms. The van der Waals surface area contributed by atoms with Crippen LogP contribution in [0.5, 0.6) is 5.75 Å². The van der Waals surface area contributed by atoms with Crippen molar-refractivity contribution < 1.29 is 13.8 Å². The van der Waals surface area contributed by atoms with E-state index >= 15 is 0 Å². The van der Waals surface area contributed by atoms with Crippen LogP contribution < -0.4 is 9.61 Å². The lowest BCUT2D eigenvalue weighted by Gasteiger charge is -2.14. The van der Waals surface area contributed by atoms with Gasteiger partial charge in [0.15, 0.2) is 0 Å². The molecule has 0 saturated heterocycles. The summed E-state index contributed by atoms with van der Waals surface area (Å²) in [6, 6.07) is 7.53. The number of hydrogen-bond acceptors (Lipinski definition) is 4. The Kier molecular flexibility index (Phi) is 2.84. The highest BCUT2D eigenvalue weighted by Gasteiger charge is 2.51. The molecule has 4 nitrogen and oxygen atoms in total. The van der Waals surface area contributed by atoms with Crippen molar-refractivity contribution >= 4 is 19.5 Å². The third-order valence-electron chi connectivity index (χ3n) is 2.24. The van der Waals surface area contributed by atoms with Crippen LogP contribution in [0.25, 0.3) is 0 Å². The van der Waals surface area contributed by atoms with Crippen molar-refractivity contribution in [1.29, 1.82) is 0 Å². The lowest BCUT2D eigenvalue weighted by molar-refractivity contribution is -0.128. The van der Waals surface area contributed by atoms with Crippen LogP contribution in [0, 0.1) is 0 Å². The van der Waals surface area contributed by atoms with Crippen LogP contribution in [0.2, 0.25) is 0 Å². The molecular weight excluding hydrogens is 225 g/mol. The Bertz CT molecular complexity index is 408. The van der Waals surface area contributed by atoms with Crippen LogP contribution in [-0.4, -0.2) is 12.1 Å². The summed E-state index contributed by atoms with van der Waals surface area (Å²) in [7, 11) is -2.35. The van der Waals surface area contributed by atoms with Gasteiger partial charge in [0, 0.05) is 6.08 Å². The minimum Gasteiger partial charge on any atom is -0.282 e. The van der Waals surface area contributed by atoms with Gasteiger partial charge in [-0.15, -0.1) is 0 Å². The lowest BCUT2D eigenvalue weighted by atomic mass is 10.3. The molecule has 0 saturated carbocycles. The van der Waals surface area contributed by atoms with Crippen LogP contribution >= 0.6 is 7.87 Å². The van der Waals surface area contributed by atoms with Crippen LogP contribution in [0.3, 0.4) is 0 Å². The summed E-state index contributed by atoms with van der Waals surface area (Å²) in [5.41, 5.74) is 0.870. The molecule has 1 atom stereocenters. The van der Waals surface area contributed by atoms with Crippen LogP contribution in [0.4, 0.5) is 5.69 Å². The van der Waals surface area contributed by atoms with E-state index in [1.165, 1.54) is 0 Å². The summed E-state index contributed by atoms with van der Waals surface area (Å²) in [5, 5.41) is 3.16. The molecule has 0 fully saturated rings. The standard InChI is InChI=1S/C11H13NO3P/c1-3-11(13)15-16(4-2)12-9-7-5-6-8-10(9)14-16/h3,5-8,12H,1,4H2,2H3/q+1. The zero-order valence-corrected chi connectivity index (χ0v) is 9.87. The highest BCUT2D eigenvalue weighted by molar-refractivity contribution is 7.69. The first-order chi connectivity index (χ1) is 7.69. The van der Waals surface area contributed by atoms with E-state index in [1.54, 1.807) is 0 Å². The molecular formula is C11H13NO3P+. The van der Waals surface area contributed by atoms with Crippen molar-refractivity contribution in [1.82, 2.24) is 0 Å². The number of para-hydroxylation sites is 2. The Morgan fingerprint density at radius 2 is 2.38 bits per heavy atom. The maximum atomic E-state index is 11.3. The van der Waals surface area contributed by atoms with Crippen LogP contribution in [-0.2, 0) is 9.32 Å². The largest absolute Gasteiger partial charge is 0.463 e. The van der Waals surface area contributed by atoms with Gasteiger partial charge in [-0.3, -0.25) is 4.52 Å². The van der Waals surface area contributed by atoms with E-state index in [1.807, 2.05) is 31.2 Å². The number of rotatable bonds is 3.